The molecule has 0 saturated heterocycles. The Kier molecular flexibility index (Phi) is 7.36. The third-order valence-electron chi connectivity index (χ3n) is 4.20. The van der Waals surface area contributed by atoms with Gasteiger partial charge in [0, 0.05) is 0 Å². The van der Waals surface area contributed by atoms with Crippen LogP contribution in [0.4, 0.5) is 0 Å². The van der Waals surface area contributed by atoms with Gasteiger partial charge in [0.1, 0.15) is 0 Å². The van der Waals surface area contributed by atoms with E-state index in [0.29, 0.717) is 0 Å². The molecule has 1 aromatic carbocycles. The molecule has 0 heterocycles. The van der Waals surface area contributed by atoms with Gasteiger partial charge in [0.05, 0.1) is 0 Å². The summed E-state index contributed by atoms with van der Waals surface area (Å²) in [4.78, 5) is 2.68. The Balaban J connectivity index is 2.91. The second kappa shape index (κ2) is 8.24. The van der Waals surface area contributed by atoms with Crippen LogP contribution >= 0.6 is 0 Å². The number of rotatable bonds is 8. The van der Waals surface area contributed by atoms with Gasteiger partial charge in [-0.1, -0.05) is 0 Å². The first-order chi connectivity index (χ1) is 8.66. The van der Waals surface area contributed by atoms with Gasteiger partial charge < -0.3 is 0 Å². The molecule has 0 unspecified atom stereocenters. The van der Waals surface area contributed by atoms with Crippen molar-refractivity contribution >= 4 is 22.0 Å². The molecule has 1 rings (SSSR count). The first-order valence-corrected chi connectivity index (χ1v) is 16.1. The molecular formula is C17H30Sn. The number of aryl methyl sites for hydroxylation is 1. The molecule has 0 amide bonds. The molecule has 0 N–H and O–H groups in total. The third-order valence-corrected chi connectivity index (χ3v) is 17.4. The molecule has 0 atom stereocenters. The fraction of sp³-hybridized carbons (Fsp3) is 0.647. The average Bonchev–Trinajstić information content (AvgIpc) is 2.43. The van der Waals surface area contributed by atoms with Crippen LogP contribution in [0.5, 0.6) is 0 Å². The zero-order chi connectivity index (χ0) is 13.4. The van der Waals surface area contributed by atoms with E-state index in [1.165, 1.54) is 37.7 Å². The van der Waals surface area contributed by atoms with Gasteiger partial charge in [-0.05, 0) is 0 Å². The van der Waals surface area contributed by atoms with Gasteiger partial charge in [0.2, 0.25) is 0 Å². The van der Waals surface area contributed by atoms with Crippen molar-refractivity contribution in [1.82, 2.24) is 0 Å². The molecule has 0 aliphatic carbocycles. The first kappa shape index (κ1) is 16.1. The van der Waals surface area contributed by atoms with Gasteiger partial charge in [-0.25, -0.2) is 0 Å². The monoisotopic (exact) mass is 354 g/mol. The Morgan fingerprint density at radius 3 is 2.06 bits per heavy atom. The fourth-order valence-corrected chi connectivity index (χ4v) is 14.5. The maximum atomic E-state index is 2.68. The van der Waals surface area contributed by atoms with Gasteiger partial charge >= 0.3 is 118 Å². The van der Waals surface area contributed by atoms with E-state index in [-0.39, 0.29) is 0 Å². The van der Waals surface area contributed by atoms with Crippen LogP contribution in [-0.4, -0.2) is 18.4 Å². The summed E-state index contributed by atoms with van der Waals surface area (Å²) in [7, 11) is 0. The van der Waals surface area contributed by atoms with Crippen molar-refractivity contribution in [1.29, 1.82) is 0 Å². The molecule has 18 heavy (non-hydrogen) atoms. The van der Waals surface area contributed by atoms with Crippen molar-refractivity contribution in [2.24, 2.45) is 0 Å². The quantitative estimate of drug-likeness (QED) is 0.568. The Morgan fingerprint density at radius 1 is 0.944 bits per heavy atom. The van der Waals surface area contributed by atoms with E-state index in [9.17, 15) is 0 Å². The second-order valence-electron chi connectivity index (χ2n) is 5.82. The zero-order valence-corrected chi connectivity index (χ0v) is 15.6. The molecule has 0 fully saturated rings. The van der Waals surface area contributed by atoms with Gasteiger partial charge in [-0.15, -0.1) is 0 Å². The molecule has 1 aromatic rings. The van der Waals surface area contributed by atoms with Crippen molar-refractivity contribution in [2.75, 3.05) is 0 Å². The molecule has 0 saturated carbocycles. The number of benzene rings is 1. The van der Waals surface area contributed by atoms with Crippen LogP contribution in [0.1, 0.15) is 52.0 Å². The summed E-state index contributed by atoms with van der Waals surface area (Å²) in [5.74, 6) is 0. The third kappa shape index (κ3) is 4.60. The van der Waals surface area contributed by atoms with E-state index in [4.69, 9.17) is 0 Å². The van der Waals surface area contributed by atoms with Crippen molar-refractivity contribution in [2.45, 2.75) is 66.7 Å². The molecule has 0 bridgehead atoms. The first-order valence-electron chi connectivity index (χ1n) is 7.75. The summed E-state index contributed by atoms with van der Waals surface area (Å²) in [5.41, 5.74) is 1.53. The summed E-state index contributed by atoms with van der Waals surface area (Å²) in [5, 5.41) is 0. The van der Waals surface area contributed by atoms with Crippen molar-refractivity contribution < 1.29 is 0 Å². The van der Waals surface area contributed by atoms with Crippen LogP contribution in [0.25, 0.3) is 0 Å². The van der Waals surface area contributed by atoms with E-state index in [1.54, 1.807) is 12.5 Å². The summed E-state index contributed by atoms with van der Waals surface area (Å²) in [6.07, 6.45) is 6.76. The van der Waals surface area contributed by atoms with Crippen molar-refractivity contribution in [3.05, 3.63) is 29.8 Å². The molecule has 0 aliphatic rings. The summed E-state index contributed by atoms with van der Waals surface area (Å²) in [6.45, 7) is 6.92. The van der Waals surface area contributed by atoms with Crippen LogP contribution in [-0.2, 0) is 6.42 Å². The van der Waals surface area contributed by atoms with Crippen molar-refractivity contribution in [3.8, 4) is 0 Å². The minimum absolute atomic E-state index is 1.18. The predicted molar refractivity (Wildman–Crippen MR) is 86.5 cm³/mol. The number of hydrogen-bond donors (Lipinski definition) is 0. The Morgan fingerprint density at radius 2 is 1.56 bits per heavy atom. The Labute approximate surface area is 118 Å². The molecule has 102 valence electrons. The van der Waals surface area contributed by atoms with Gasteiger partial charge in [-0.3, -0.25) is 0 Å². The van der Waals surface area contributed by atoms with Crippen LogP contribution in [0, 0.1) is 0 Å². The second-order valence-corrected chi connectivity index (χ2v) is 19.2. The van der Waals surface area contributed by atoms with E-state index < -0.39 is 18.4 Å². The standard InChI is InChI=1S/C8H9.2C4H9.CH3.Sn/c1-2-8-6-4-3-5-7-8;2*1-3-4-2;;/h3-4,6-7H,2H2,1H3;2*1,3-4H2,2H3;1H3;. The van der Waals surface area contributed by atoms with Gasteiger partial charge in [0.25, 0.3) is 0 Å². The van der Waals surface area contributed by atoms with Gasteiger partial charge in [-0.2, -0.15) is 0 Å². The Bertz CT molecular complexity index is 335. The van der Waals surface area contributed by atoms with Gasteiger partial charge in [0.15, 0.2) is 0 Å². The van der Waals surface area contributed by atoms with E-state index in [1.807, 2.05) is 0 Å². The number of hydrogen-bond acceptors (Lipinski definition) is 0. The van der Waals surface area contributed by atoms with E-state index in [2.05, 4.69) is 50.0 Å². The predicted octanol–water partition coefficient (Wildman–Crippen LogP) is 5.13. The SMILES string of the molecule is CCC[CH2][Sn]([CH3])([CH2]CCC)[c]1cccc(CC)c1. The average molecular weight is 353 g/mol. The molecule has 0 aromatic heterocycles. The molecule has 0 radical (unpaired) electrons. The molecule has 0 aliphatic heterocycles. The zero-order valence-electron chi connectivity index (χ0n) is 12.8. The summed E-state index contributed by atoms with van der Waals surface area (Å²) in [6, 6.07) is 9.54. The maximum absolute atomic E-state index is 2.68. The van der Waals surface area contributed by atoms with Crippen LogP contribution in [0.2, 0.25) is 13.8 Å². The summed E-state index contributed by atoms with van der Waals surface area (Å²) < 4.78 is 4.85. The number of unbranched alkanes of at least 4 members (excludes halogenated alkanes) is 2. The van der Waals surface area contributed by atoms with Crippen LogP contribution in [0.15, 0.2) is 24.3 Å². The molecule has 0 spiro atoms. The topological polar surface area (TPSA) is 0 Å². The summed E-state index contributed by atoms with van der Waals surface area (Å²) >= 11 is -2.03. The minimum atomic E-state index is -2.03. The van der Waals surface area contributed by atoms with Crippen LogP contribution < -0.4 is 3.58 Å². The Hall–Kier alpha value is 0.0187. The molecule has 1 heteroatoms. The van der Waals surface area contributed by atoms with E-state index in [0.717, 1.165) is 0 Å². The van der Waals surface area contributed by atoms with Crippen LogP contribution in [0.3, 0.4) is 0 Å². The molecular weight excluding hydrogens is 323 g/mol. The molecule has 0 nitrogen and oxygen atoms in total. The normalized spacial score (nSPS) is 11.8. The van der Waals surface area contributed by atoms with Crippen molar-refractivity contribution in [3.63, 3.8) is 0 Å². The fourth-order valence-electron chi connectivity index (χ4n) is 2.71. The van der Waals surface area contributed by atoms with E-state index >= 15 is 0 Å².